The molecule has 1 aliphatic heterocycles. The Hall–Kier alpha value is -2.45. The number of aromatic nitrogens is 1. The van der Waals surface area contributed by atoms with Gasteiger partial charge < -0.3 is 9.64 Å². The van der Waals surface area contributed by atoms with E-state index >= 15 is 0 Å². The maximum absolute atomic E-state index is 12.7. The van der Waals surface area contributed by atoms with E-state index in [1.54, 1.807) is 23.2 Å². The number of hydrogen-bond donors (Lipinski definition) is 0. The van der Waals surface area contributed by atoms with Crippen LogP contribution in [0.4, 0.5) is 0 Å². The minimum atomic E-state index is -0.525. The molecule has 2 aromatic rings. The number of nitriles is 1. The van der Waals surface area contributed by atoms with Gasteiger partial charge in [0.05, 0.1) is 24.8 Å². The number of benzene rings is 1. The van der Waals surface area contributed by atoms with Crippen molar-refractivity contribution in [1.29, 1.82) is 5.26 Å². The molecule has 0 aliphatic carbocycles. The van der Waals surface area contributed by atoms with Crippen molar-refractivity contribution < 1.29 is 9.53 Å². The van der Waals surface area contributed by atoms with Gasteiger partial charge in [-0.2, -0.15) is 5.26 Å². The highest BCUT2D eigenvalue weighted by molar-refractivity contribution is 6.06. The molecule has 0 bridgehead atoms. The number of ether oxygens (including phenoxy) is 1. The lowest BCUT2D eigenvalue weighted by molar-refractivity contribution is 0.0133. The number of nitrogens with zero attached hydrogens (tertiary/aromatic N) is 3. The lowest BCUT2D eigenvalue weighted by Gasteiger charge is -2.31. The number of hydrogen-bond acceptors (Lipinski definition) is 4. The number of carbonyl (C=O) groups excluding carboxylic acids is 1. The van der Waals surface area contributed by atoms with Crippen LogP contribution in [0.25, 0.3) is 10.9 Å². The van der Waals surface area contributed by atoms with Crippen LogP contribution < -0.4 is 0 Å². The van der Waals surface area contributed by atoms with E-state index in [9.17, 15) is 4.79 Å². The van der Waals surface area contributed by atoms with Crippen LogP contribution in [-0.2, 0) is 4.74 Å². The average Bonchev–Trinajstić information content (AvgIpc) is 2.53. The van der Waals surface area contributed by atoms with Gasteiger partial charge in [0, 0.05) is 23.7 Å². The van der Waals surface area contributed by atoms with E-state index in [0.29, 0.717) is 18.7 Å². The van der Waals surface area contributed by atoms with E-state index < -0.39 is 6.04 Å². The van der Waals surface area contributed by atoms with Crippen LogP contribution in [0, 0.1) is 11.3 Å². The lowest BCUT2D eigenvalue weighted by atomic mass is 10.1. The Morgan fingerprint density at radius 1 is 1.40 bits per heavy atom. The monoisotopic (exact) mass is 267 g/mol. The summed E-state index contributed by atoms with van der Waals surface area (Å²) in [6.45, 7) is 1.17. The van der Waals surface area contributed by atoms with E-state index in [-0.39, 0.29) is 12.5 Å². The quantitative estimate of drug-likeness (QED) is 0.787. The Balaban J connectivity index is 2.02. The fourth-order valence-electron chi connectivity index (χ4n) is 2.40. The molecular weight excluding hydrogens is 254 g/mol. The molecule has 0 saturated carbocycles. The van der Waals surface area contributed by atoms with Crippen LogP contribution in [0.15, 0.2) is 36.5 Å². The number of amides is 1. The largest absolute Gasteiger partial charge is 0.376 e. The molecule has 2 heterocycles. The van der Waals surface area contributed by atoms with Gasteiger partial charge in [-0.1, -0.05) is 12.1 Å². The van der Waals surface area contributed by atoms with Crippen molar-refractivity contribution in [3.05, 3.63) is 42.1 Å². The molecule has 3 rings (SSSR count). The summed E-state index contributed by atoms with van der Waals surface area (Å²) in [4.78, 5) is 18.5. The molecule has 100 valence electrons. The molecule has 5 nitrogen and oxygen atoms in total. The summed E-state index contributed by atoms with van der Waals surface area (Å²) in [5.41, 5.74) is 1.36. The molecule has 1 saturated heterocycles. The van der Waals surface area contributed by atoms with Crippen molar-refractivity contribution in [1.82, 2.24) is 9.88 Å². The normalized spacial score (nSPS) is 18.8. The molecular formula is C15H13N3O2. The molecule has 5 heteroatoms. The summed E-state index contributed by atoms with van der Waals surface area (Å²) in [7, 11) is 0. The second-order valence-electron chi connectivity index (χ2n) is 4.59. The molecule has 1 aromatic carbocycles. The van der Waals surface area contributed by atoms with Crippen molar-refractivity contribution in [3.8, 4) is 6.07 Å². The molecule has 1 amide bonds. The Bertz CT molecular complexity index is 688. The van der Waals surface area contributed by atoms with E-state index in [2.05, 4.69) is 11.1 Å². The minimum absolute atomic E-state index is 0.140. The number of fused-ring (bicyclic) bond motifs is 1. The van der Waals surface area contributed by atoms with Gasteiger partial charge in [0.25, 0.3) is 5.91 Å². The van der Waals surface area contributed by atoms with Gasteiger partial charge in [-0.3, -0.25) is 9.78 Å². The second-order valence-corrected chi connectivity index (χ2v) is 4.59. The molecule has 0 spiro atoms. The third kappa shape index (κ3) is 2.10. The van der Waals surface area contributed by atoms with Gasteiger partial charge in [0.15, 0.2) is 0 Å². The standard InChI is InChI=1S/C15H13N3O2/c16-9-11-10-20-8-7-18(11)15(19)13-3-1-5-14-12(13)4-2-6-17-14/h1-6,11H,7-8,10H2/t11-/m0/s1. The average molecular weight is 267 g/mol. The molecule has 1 atom stereocenters. The van der Waals surface area contributed by atoms with E-state index in [1.165, 1.54) is 0 Å². The fraction of sp³-hybridized carbons (Fsp3) is 0.267. The predicted molar refractivity (Wildman–Crippen MR) is 73.0 cm³/mol. The topological polar surface area (TPSA) is 66.2 Å². The Kier molecular flexibility index (Phi) is 3.32. The van der Waals surface area contributed by atoms with Gasteiger partial charge in [-0.25, -0.2) is 0 Å². The third-order valence-corrected chi connectivity index (χ3v) is 3.41. The number of rotatable bonds is 1. The van der Waals surface area contributed by atoms with Crippen molar-refractivity contribution in [2.24, 2.45) is 0 Å². The first-order chi connectivity index (χ1) is 9.81. The zero-order chi connectivity index (χ0) is 13.9. The van der Waals surface area contributed by atoms with Crippen LogP contribution in [0.2, 0.25) is 0 Å². The van der Waals surface area contributed by atoms with Gasteiger partial charge in [-0.15, -0.1) is 0 Å². The molecule has 1 aliphatic rings. The molecule has 1 aromatic heterocycles. The maximum Gasteiger partial charge on any atom is 0.255 e. The summed E-state index contributed by atoms with van der Waals surface area (Å²) in [6.07, 6.45) is 1.70. The van der Waals surface area contributed by atoms with Crippen molar-refractivity contribution in [2.75, 3.05) is 19.8 Å². The highest BCUT2D eigenvalue weighted by atomic mass is 16.5. The van der Waals surface area contributed by atoms with Crippen molar-refractivity contribution >= 4 is 16.8 Å². The van der Waals surface area contributed by atoms with E-state index in [0.717, 1.165) is 10.9 Å². The smallest absolute Gasteiger partial charge is 0.255 e. The van der Waals surface area contributed by atoms with Crippen molar-refractivity contribution in [3.63, 3.8) is 0 Å². The van der Waals surface area contributed by atoms with E-state index in [1.807, 2.05) is 18.2 Å². The maximum atomic E-state index is 12.7. The number of carbonyl (C=O) groups is 1. The third-order valence-electron chi connectivity index (χ3n) is 3.41. The first kappa shape index (κ1) is 12.6. The minimum Gasteiger partial charge on any atom is -0.376 e. The first-order valence-corrected chi connectivity index (χ1v) is 6.43. The molecule has 0 radical (unpaired) electrons. The van der Waals surface area contributed by atoms with Gasteiger partial charge in [-0.05, 0) is 18.2 Å². The summed E-state index contributed by atoms with van der Waals surface area (Å²) < 4.78 is 5.25. The molecule has 0 unspecified atom stereocenters. The van der Waals surface area contributed by atoms with Crippen LogP contribution in [0.3, 0.4) is 0 Å². The van der Waals surface area contributed by atoms with Crippen LogP contribution in [-0.4, -0.2) is 41.6 Å². The van der Waals surface area contributed by atoms with Crippen LogP contribution >= 0.6 is 0 Å². The summed E-state index contributed by atoms with van der Waals surface area (Å²) in [5.74, 6) is -0.140. The Morgan fingerprint density at radius 3 is 3.15 bits per heavy atom. The Morgan fingerprint density at radius 2 is 2.30 bits per heavy atom. The van der Waals surface area contributed by atoms with E-state index in [4.69, 9.17) is 10.00 Å². The first-order valence-electron chi connectivity index (χ1n) is 6.43. The van der Waals surface area contributed by atoms with Crippen molar-refractivity contribution in [2.45, 2.75) is 6.04 Å². The summed E-state index contributed by atoms with van der Waals surface area (Å²) in [5, 5.41) is 9.94. The summed E-state index contributed by atoms with van der Waals surface area (Å²) >= 11 is 0. The highest BCUT2D eigenvalue weighted by Crippen LogP contribution is 2.20. The lowest BCUT2D eigenvalue weighted by Crippen LogP contribution is -2.48. The zero-order valence-electron chi connectivity index (χ0n) is 10.8. The SMILES string of the molecule is N#C[C@H]1COCCN1C(=O)c1cccc2ncccc12. The molecule has 20 heavy (non-hydrogen) atoms. The highest BCUT2D eigenvalue weighted by Gasteiger charge is 2.28. The number of morpholine rings is 1. The van der Waals surface area contributed by atoms with Crippen LogP contribution in [0.5, 0.6) is 0 Å². The van der Waals surface area contributed by atoms with Crippen LogP contribution in [0.1, 0.15) is 10.4 Å². The fourth-order valence-corrected chi connectivity index (χ4v) is 2.40. The van der Waals surface area contributed by atoms with Gasteiger partial charge in [0.2, 0.25) is 0 Å². The zero-order valence-corrected chi connectivity index (χ0v) is 10.8. The van der Waals surface area contributed by atoms with Gasteiger partial charge in [0.1, 0.15) is 6.04 Å². The molecule has 1 fully saturated rings. The van der Waals surface area contributed by atoms with Gasteiger partial charge >= 0.3 is 0 Å². The molecule has 0 N–H and O–H groups in total. The Labute approximate surface area is 116 Å². The second kappa shape index (κ2) is 5.27. The summed E-state index contributed by atoms with van der Waals surface area (Å²) in [6, 6.07) is 10.7. The predicted octanol–water partition coefficient (Wildman–Crippen LogP) is 1.60. The number of pyridine rings is 1.